The van der Waals surface area contributed by atoms with Gasteiger partial charge >= 0.3 is 18.0 Å². The molecule has 3 N–H and O–H groups in total. The first-order valence-corrected chi connectivity index (χ1v) is 12.8. The van der Waals surface area contributed by atoms with Crippen molar-refractivity contribution < 1.29 is 33.8 Å². The molecule has 4 bridgehead atoms. The number of amides is 3. The molecule has 2 heterocycles. The zero-order chi connectivity index (χ0) is 24.9. The third kappa shape index (κ3) is 4.41. The molecule has 0 spiro atoms. The van der Waals surface area contributed by atoms with Gasteiger partial charge in [0.05, 0.1) is 35.4 Å². The van der Waals surface area contributed by atoms with Gasteiger partial charge in [-0.25, -0.2) is 14.4 Å². The highest BCUT2D eigenvalue weighted by Crippen LogP contribution is 2.60. The summed E-state index contributed by atoms with van der Waals surface area (Å²) in [5.41, 5.74) is -0.0761. The van der Waals surface area contributed by atoms with E-state index in [1.807, 2.05) is 0 Å². The summed E-state index contributed by atoms with van der Waals surface area (Å²) >= 11 is 0. The highest BCUT2D eigenvalue weighted by molar-refractivity contribution is 5.95. The van der Waals surface area contributed by atoms with Crippen LogP contribution in [0.3, 0.4) is 0 Å². The fourth-order valence-corrected chi connectivity index (χ4v) is 7.57. The van der Waals surface area contributed by atoms with Crippen LogP contribution in [0, 0.1) is 23.2 Å². The Balaban J connectivity index is 1.30. The van der Waals surface area contributed by atoms with Crippen LogP contribution in [0.5, 0.6) is 0 Å². The maximum atomic E-state index is 13.8. The normalized spacial score (nSPS) is 37.7. The van der Waals surface area contributed by atoms with Crippen LogP contribution in [-0.2, 0) is 23.9 Å². The molecule has 0 aromatic rings. The topological polar surface area (TPSA) is 134 Å². The summed E-state index contributed by atoms with van der Waals surface area (Å²) in [5.74, 6) is 0.486. The van der Waals surface area contributed by atoms with Crippen molar-refractivity contribution in [2.75, 3.05) is 19.8 Å². The van der Waals surface area contributed by atoms with Gasteiger partial charge in [-0.2, -0.15) is 0 Å². The molecule has 2 aliphatic heterocycles. The molecule has 1 saturated heterocycles. The summed E-state index contributed by atoms with van der Waals surface area (Å²) in [4.78, 5) is 52.9. The Labute approximate surface area is 204 Å². The molecule has 10 heteroatoms. The third-order valence-electron chi connectivity index (χ3n) is 8.53. The summed E-state index contributed by atoms with van der Waals surface area (Å²) in [6.07, 6.45) is 5.56. The smallest absolute Gasteiger partial charge is 0.338 e. The second-order valence-corrected chi connectivity index (χ2v) is 11.1. The lowest BCUT2D eigenvalue weighted by molar-refractivity contribution is -0.165. The second-order valence-electron chi connectivity index (χ2n) is 11.1. The summed E-state index contributed by atoms with van der Waals surface area (Å²) in [5, 5.41) is 15.5. The van der Waals surface area contributed by atoms with Gasteiger partial charge in [0, 0.05) is 13.0 Å². The fraction of sp³-hybridized carbons (Fsp3) is 0.760. The van der Waals surface area contributed by atoms with Crippen LogP contribution in [0.25, 0.3) is 0 Å². The molecule has 10 nitrogen and oxygen atoms in total. The number of nitrogens with zero attached hydrogens (tertiary/aromatic N) is 1. The highest BCUT2D eigenvalue weighted by Gasteiger charge is 2.57. The van der Waals surface area contributed by atoms with Gasteiger partial charge in [0.15, 0.2) is 0 Å². The molecule has 6 aliphatic rings. The molecular weight excluding hydrogens is 454 g/mol. The number of rotatable bonds is 6. The van der Waals surface area contributed by atoms with Crippen LogP contribution >= 0.6 is 0 Å². The summed E-state index contributed by atoms with van der Waals surface area (Å²) in [6, 6.07) is -2.00. The van der Waals surface area contributed by atoms with Gasteiger partial charge in [-0.1, -0.05) is 0 Å². The maximum absolute atomic E-state index is 13.8. The predicted molar refractivity (Wildman–Crippen MR) is 122 cm³/mol. The minimum absolute atomic E-state index is 0.0229. The molecule has 192 valence electrons. The molecule has 5 fully saturated rings. The van der Waals surface area contributed by atoms with Gasteiger partial charge in [-0.15, -0.1) is 0 Å². The Hall–Kier alpha value is -2.62. The number of urea groups is 1. The standard InChI is InChI=1S/C25H35N3O7/c1-3-34-22(31)20-13(2)26-24(33)27-18(20)12-35-21(30)19-7-17(29)11-28(19)23(32)25-8-14-4-15(9-25)6-16(5-14)10-25/h13-17,19,29H,3-12H2,1-2H3,(H2,26,27,33)/t13?,14?,15?,16?,17?,19-,25?/m0/s1. The van der Waals surface area contributed by atoms with E-state index in [-0.39, 0.29) is 43.4 Å². The average molecular weight is 490 g/mol. The molecule has 0 aromatic heterocycles. The van der Waals surface area contributed by atoms with Crippen LogP contribution < -0.4 is 10.6 Å². The van der Waals surface area contributed by atoms with Crippen molar-refractivity contribution in [1.82, 2.24) is 15.5 Å². The Morgan fingerprint density at radius 2 is 1.69 bits per heavy atom. The van der Waals surface area contributed by atoms with E-state index in [4.69, 9.17) is 9.47 Å². The van der Waals surface area contributed by atoms with Gasteiger partial charge in [-0.3, -0.25) is 4.79 Å². The Morgan fingerprint density at radius 3 is 2.29 bits per heavy atom. The Kier molecular flexibility index (Phi) is 6.27. The molecule has 6 rings (SSSR count). The number of likely N-dealkylation sites (tertiary alicyclic amines) is 1. The minimum atomic E-state index is -0.882. The number of esters is 2. The number of hydrogen-bond donors (Lipinski definition) is 3. The molecule has 35 heavy (non-hydrogen) atoms. The lowest BCUT2D eigenvalue weighted by Crippen LogP contribution is -2.56. The third-order valence-corrected chi connectivity index (χ3v) is 8.53. The number of carbonyl (C=O) groups is 4. The first-order valence-electron chi connectivity index (χ1n) is 12.8. The van der Waals surface area contributed by atoms with Crippen molar-refractivity contribution in [3.05, 3.63) is 11.3 Å². The van der Waals surface area contributed by atoms with Crippen molar-refractivity contribution >= 4 is 23.9 Å². The van der Waals surface area contributed by atoms with Crippen LogP contribution in [0.2, 0.25) is 0 Å². The van der Waals surface area contributed by atoms with Gasteiger partial charge < -0.3 is 30.1 Å². The molecule has 3 amide bonds. The molecule has 4 aliphatic carbocycles. The molecule has 3 atom stereocenters. The Morgan fingerprint density at radius 1 is 1.06 bits per heavy atom. The van der Waals surface area contributed by atoms with E-state index in [1.165, 1.54) is 24.2 Å². The SMILES string of the molecule is CCOC(=O)C1=C(COC(=O)[C@@H]2CC(O)CN2C(=O)C23CC4CC(CC(C4)C2)C3)NC(=O)NC1C. The van der Waals surface area contributed by atoms with E-state index in [2.05, 4.69) is 10.6 Å². The van der Waals surface area contributed by atoms with Gasteiger partial charge in [-0.05, 0) is 70.1 Å². The number of hydrogen-bond acceptors (Lipinski definition) is 7. The lowest BCUT2D eigenvalue weighted by atomic mass is 9.49. The highest BCUT2D eigenvalue weighted by atomic mass is 16.5. The summed E-state index contributed by atoms with van der Waals surface area (Å²) in [6.45, 7) is 3.27. The first-order chi connectivity index (χ1) is 16.7. The van der Waals surface area contributed by atoms with Crippen LogP contribution in [0.15, 0.2) is 11.3 Å². The summed E-state index contributed by atoms with van der Waals surface area (Å²) < 4.78 is 10.6. The van der Waals surface area contributed by atoms with Crippen molar-refractivity contribution in [2.45, 2.75) is 77.0 Å². The molecule has 0 aromatic carbocycles. The number of aliphatic hydroxyl groups is 1. The lowest BCUT2D eigenvalue weighted by Gasteiger charge is -2.56. The fourth-order valence-electron chi connectivity index (χ4n) is 7.57. The van der Waals surface area contributed by atoms with E-state index in [0.29, 0.717) is 17.8 Å². The summed E-state index contributed by atoms with van der Waals surface area (Å²) in [7, 11) is 0. The average Bonchev–Trinajstić information content (AvgIpc) is 3.17. The van der Waals surface area contributed by atoms with E-state index in [1.54, 1.807) is 13.8 Å². The molecule has 4 saturated carbocycles. The predicted octanol–water partition coefficient (Wildman–Crippen LogP) is 1.23. The van der Waals surface area contributed by atoms with Crippen molar-refractivity contribution in [3.63, 3.8) is 0 Å². The number of aliphatic hydroxyl groups excluding tert-OH is 1. The molecule has 0 radical (unpaired) electrons. The van der Waals surface area contributed by atoms with E-state index >= 15 is 0 Å². The van der Waals surface area contributed by atoms with Crippen LogP contribution in [0.4, 0.5) is 4.79 Å². The zero-order valence-corrected chi connectivity index (χ0v) is 20.4. The van der Waals surface area contributed by atoms with Gasteiger partial charge in [0.25, 0.3) is 0 Å². The first kappa shape index (κ1) is 24.1. The maximum Gasteiger partial charge on any atom is 0.338 e. The Bertz CT molecular complexity index is 925. The monoisotopic (exact) mass is 489 g/mol. The minimum Gasteiger partial charge on any atom is -0.463 e. The number of ether oxygens (including phenoxy) is 2. The van der Waals surface area contributed by atoms with Crippen LogP contribution in [0.1, 0.15) is 58.8 Å². The number of β-amino-alcohol motifs (C(OH)–C–C–N with tert-alkyl or cyclic N) is 1. The van der Waals surface area contributed by atoms with E-state index in [0.717, 1.165) is 19.3 Å². The van der Waals surface area contributed by atoms with E-state index < -0.39 is 41.6 Å². The van der Waals surface area contributed by atoms with Gasteiger partial charge in [0.1, 0.15) is 12.6 Å². The molecule has 2 unspecified atom stereocenters. The quantitative estimate of drug-likeness (QED) is 0.478. The number of nitrogens with one attached hydrogen (secondary N) is 2. The largest absolute Gasteiger partial charge is 0.463 e. The number of carbonyl (C=O) groups excluding carboxylic acids is 4. The van der Waals surface area contributed by atoms with Crippen molar-refractivity contribution in [1.29, 1.82) is 0 Å². The van der Waals surface area contributed by atoms with Crippen LogP contribution in [-0.4, -0.2) is 71.8 Å². The molecular formula is C25H35N3O7. The van der Waals surface area contributed by atoms with Crippen molar-refractivity contribution in [2.24, 2.45) is 23.2 Å². The van der Waals surface area contributed by atoms with Gasteiger partial charge in [0.2, 0.25) is 5.91 Å². The van der Waals surface area contributed by atoms with Crippen molar-refractivity contribution in [3.8, 4) is 0 Å². The zero-order valence-electron chi connectivity index (χ0n) is 20.4. The van der Waals surface area contributed by atoms with E-state index in [9.17, 15) is 24.3 Å². The second kappa shape index (κ2) is 9.11.